The van der Waals surface area contributed by atoms with Crippen molar-refractivity contribution >= 4 is 11.7 Å². The Morgan fingerprint density at radius 2 is 1.79 bits per heavy atom. The van der Waals surface area contributed by atoms with E-state index in [9.17, 15) is 10.0 Å². The van der Waals surface area contributed by atoms with Crippen LogP contribution in [-0.2, 0) is 14.3 Å². The molecule has 3 saturated heterocycles. The van der Waals surface area contributed by atoms with Gasteiger partial charge in [0.15, 0.2) is 0 Å². The Hall–Kier alpha value is -1.14. The first kappa shape index (κ1) is 27.1. The molecule has 38 heavy (non-hydrogen) atoms. The number of nitrogens with zero attached hydrogens (tertiary/aromatic N) is 1. The van der Waals surface area contributed by atoms with Crippen LogP contribution in [0.1, 0.15) is 107 Å². The van der Waals surface area contributed by atoms with Crippen LogP contribution >= 0.6 is 0 Å². The normalized spacial score (nSPS) is 55.8. The lowest BCUT2D eigenvalue weighted by molar-refractivity contribution is -0.373. The van der Waals surface area contributed by atoms with Crippen LogP contribution in [0, 0.1) is 51.2 Å². The number of esters is 1. The fraction of sp³-hybridized carbons (Fsp3) is 0.938. The van der Waals surface area contributed by atoms with E-state index in [-0.39, 0.29) is 45.2 Å². The van der Waals surface area contributed by atoms with Crippen LogP contribution in [0.3, 0.4) is 0 Å². The molecule has 6 heteroatoms. The van der Waals surface area contributed by atoms with Crippen molar-refractivity contribution in [3.63, 3.8) is 0 Å². The van der Waals surface area contributed by atoms with Crippen molar-refractivity contribution in [2.75, 3.05) is 13.2 Å². The summed E-state index contributed by atoms with van der Waals surface area (Å²) >= 11 is 0. The lowest BCUT2D eigenvalue weighted by atomic mass is 9.28. The third-order valence-corrected chi connectivity index (χ3v) is 14.2. The lowest BCUT2D eigenvalue weighted by Crippen LogP contribution is -2.89. The Labute approximate surface area is 230 Å². The minimum atomic E-state index is -0.591. The molecule has 7 rings (SSSR count). The van der Waals surface area contributed by atoms with Crippen LogP contribution in [0.2, 0.25) is 0 Å². The topological polar surface area (TPSA) is 80.2 Å². The lowest BCUT2D eigenvalue weighted by Gasteiger charge is -2.82. The van der Waals surface area contributed by atoms with Gasteiger partial charge in [-0.15, -0.1) is 0 Å². The van der Waals surface area contributed by atoms with Crippen molar-refractivity contribution in [3.05, 3.63) is 0 Å². The fourth-order valence-corrected chi connectivity index (χ4v) is 12.3. The highest BCUT2D eigenvalue weighted by Gasteiger charge is 2.85. The van der Waals surface area contributed by atoms with Crippen LogP contribution in [0.15, 0.2) is 5.16 Å². The minimum Gasteiger partial charge on any atom is -0.465 e. The zero-order chi connectivity index (χ0) is 27.5. The fourth-order valence-electron chi connectivity index (χ4n) is 12.3. The maximum atomic E-state index is 12.0. The summed E-state index contributed by atoms with van der Waals surface area (Å²) in [4.78, 5) is 12.0. The summed E-state index contributed by atoms with van der Waals surface area (Å²) in [6.45, 7) is 20.2. The molecule has 4 aliphatic carbocycles. The molecule has 7 fully saturated rings. The Morgan fingerprint density at radius 3 is 2.47 bits per heavy atom. The van der Waals surface area contributed by atoms with E-state index < -0.39 is 5.60 Å². The third-order valence-electron chi connectivity index (χ3n) is 14.2. The quantitative estimate of drug-likeness (QED) is 0.253. The monoisotopic (exact) mass is 528 g/mol. The summed E-state index contributed by atoms with van der Waals surface area (Å²) in [6.07, 6.45) is 8.89. The zero-order valence-electron chi connectivity index (χ0n) is 25.2. The zero-order valence-corrected chi connectivity index (χ0v) is 25.2. The van der Waals surface area contributed by atoms with Gasteiger partial charge in [-0.25, -0.2) is 0 Å². The first-order valence-electron chi connectivity index (χ1n) is 15.5. The molecule has 0 aromatic heterocycles. The summed E-state index contributed by atoms with van der Waals surface area (Å²) < 4.78 is 13.2. The van der Waals surface area contributed by atoms with Gasteiger partial charge < -0.3 is 20.0 Å². The Morgan fingerprint density at radius 1 is 1.05 bits per heavy atom. The average molecular weight is 529 g/mol. The van der Waals surface area contributed by atoms with Gasteiger partial charge in [-0.05, 0) is 100 Å². The summed E-state index contributed by atoms with van der Waals surface area (Å²) in [7, 11) is 0. The molecule has 1 spiro atoms. The number of oxime groups is 1. The van der Waals surface area contributed by atoms with Crippen LogP contribution in [0.25, 0.3) is 0 Å². The van der Waals surface area contributed by atoms with E-state index in [1.807, 2.05) is 0 Å². The van der Waals surface area contributed by atoms with Gasteiger partial charge in [0.05, 0.1) is 6.61 Å². The van der Waals surface area contributed by atoms with Gasteiger partial charge in [0, 0.05) is 35.1 Å². The maximum Gasteiger partial charge on any atom is 0.302 e. The Kier molecular flexibility index (Phi) is 5.84. The molecule has 214 valence electrons. The molecule has 11 atom stereocenters. The number of carbonyl (C=O) groups is 1. The molecular formula is C32H52N2O4. The second-order valence-corrected chi connectivity index (χ2v) is 15.8. The van der Waals surface area contributed by atoms with Gasteiger partial charge in [-0.1, -0.05) is 39.8 Å². The summed E-state index contributed by atoms with van der Waals surface area (Å²) in [5, 5.41) is 18.9. The van der Waals surface area contributed by atoms with Crippen LogP contribution in [0.4, 0.5) is 0 Å². The Balaban J connectivity index is 1.51. The maximum absolute atomic E-state index is 12.0. The number of rotatable bonds is 2. The number of carbonyl (C=O) groups excluding carboxylic acids is 1. The molecule has 0 radical (unpaired) electrons. The van der Waals surface area contributed by atoms with Gasteiger partial charge in [-0.2, -0.15) is 0 Å². The molecule has 6 nitrogen and oxygen atoms in total. The van der Waals surface area contributed by atoms with Crippen LogP contribution < -0.4 is 5.32 Å². The van der Waals surface area contributed by atoms with Gasteiger partial charge in [0.2, 0.25) is 0 Å². The van der Waals surface area contributed by atoms with E-state index in [1.165, 1.54) is 32.6 Å². The highest BCUT2D eigenvalue weighted by Crippen LogP contribution is 2.81. The van der Waals surface area contributed by atoms with Crippen molar-refractivity contribution in [1.82, 2.24) is 5.32 Å². The van der Waals surface area contributed by atoms with Gasteiger partial charge in [-0.3, -0.25) is 4.79 Å². The SMILES string of the molecule is CC(=O)OC[C@]12CC[C@@H](C)[C@H](C)[C@H]1[C@]13O[C@H](/C1=N\O)[C@@H]1[C@@]4(C)CCCNC(C)(C)[C@@H]4CC[C@@]1(C)[C@]3(C)CC2. The van der Waals surface area contributed by atoms with Crippen LogP contribution in [-0.4, -0.2) is 47.3 Å². The highest BCUT2D eigenvalue weighted by atomic mass is 16.6. The third kappa shape index (κ3) is 2.98. The molecule has 0 unspecified atom stereocenters. The number of fused-ring (bicyclic) bond motifs is 2. The number of hydrogen-bond acceptors (Lipinski definition) is 6. The summed E-state index contributed by atoms with van der Waals surface area (Å²) in [6, 6.07) is 0. The van der Waals surface area contributed by atoms with Crippen molar-refractivity contribution < 1.29 is 19.5 Å². The second-order valence-electron chi connectivity index (χ2n) is 15.8. The van der Waals surface area contributed by atoms with E-state index >= 15 is 0 Å². The van der Waals surface area contributed by atoms with E-state index in [1.54, 1.807) is 0 Å². The first-order chi connectivity index (χ1) is 17.7. The van der Waals surface area contributed by atoms with Crippen molar-refractivity contribution in [3.8, 4) is 0 Å². The first-order valence-corrected chi connectivity index (χ1v) is 15.5. The molecule has 0 amide bonds. The molecule has 2 N–H and O–H groups in total. The Bertz CT molecular complexity index is 1040. The van der Waals surface area contributed by atoms with Gasteiger partial charge >= 0.3 is 5.97 Å². The smallest absolute Gasteiger partial charge is 0.302 e. The number of hydrogen-bond donors (Lipinski definition) is 2. The minimum absolute atomic E-state index is 0.0708. The van der Waals surface area contributed by atoms with Crippen molar-refractivity contribution in [1.29, 1.82) is 0 Å². The van der Waals surface area contributed by atoms with Gasteiger partial charge in [0.25, 0.3) is 0 Å². The van der Waals surface area contributed by atoms with Gasteiger partial charge in [0.1, 0.15) is 17.4 Å². The largest absolute Gasteiger partial charge is 0.465 e. The van der Waals surface area contributed by atoms with E-state index in [0.717, 1.165) is 37.9 Å². The molecule has 2 bridgehead atoms. The molecule has 3 heterocycles. The summed E-state index contributed by atoms with van der Waals surface area (Å²) in [5.74, 6) is 1.79. The standard InChI is InChI=1S/C32H52N2O4/c1-19-10-14-31(18-37-21(3)35)16-15-30(8)29(7)13-11-22-27(4,5)33-17-9-12-28(22,6)25(29)23-26(34-36)32(30,38-23)24(31)20(19)2/h19-20,22-25,33,36H,9-18H2,1-8H3/b34-26+/t19-,20+,22+,23+,24-,25-,28+,29-,30+,31-,32+/m1/s1. The van der Waals surface area contributed by atoms with E-state index in [4.69, 9.17) is 9.47 Å². The number of nitrogens with one attached hydrogen (secondary N) is 1. The molecular weight excluding hydrogens is 476 g/mol. The second kappa shape index (κ2) is 8.21. The summed E-state index contributed by atoms with van der Waals surface area (Å²) in [5.41, 5.74) is 0.313. The van der Waals surface area contributed by atoms with E-state index in [0.29, 0.717) is 30.3 Å². The molecule has 3 aliphatic heterocycles. The molecule has 4 saturated carbocycles. The molecule has 0 aromatic carbocycles. The molecule has 7 aliphatic rings. The van der Waals surface area contributed by atoms with E-state index in [2.05, 4.69) is 58.9 Å². The average Bonchev–Trinajstić information content (AvgIpc) is 2.95. The molecule has 0 aromatic rings. The number of ether oxygens (including phenoxy) is 2. The highest BCUT2D eigenvalue weighted by molar-refractivity contribution is 6.03. The van der Waals surface area contributed by atoms with Crippen LogP contribution in [0.5, 0.6) is 0 Å². The van der Waals surface area contributed by atoms with Crippen molar-refractivity contribution in [2.45, 2.75) is 124 Å². The predicted octanol–water partition coefficient (Wildman–Crippen LogP) is 6.20. The van der Waals surface area contributed by atoms with Crippen molar-refractivity contribution in [2.24, 2.45) is 56.4 Å². The predicted molar refractivity (Wildman–Crippen MR) is 148 cm³/mol.